The Balaban J connectivity index is 1.70. The third-order valence-electron chi connectivity index (χ3n) is 8.42. The molecular weight excluding hydrogens is 420 g/mol. The topological polar surface area (TPSA) is 0 Å². The Morgan fingerprint density at radius 3 is 2.09 bits per heavy atom. The Labute approximate surface area is 200 Å². The zero-order chi connectivity index (χ0) is 22.2. The van der Waals surface area contributed by atoms with E-state index in [1.54, 1.807) is 0 Å². The Hall–Kier alpha value is -3.09. The lowest BCUT2D eigenvalue weighted by molar-refractivity contribution is 0.326. The van der Waals surface area contributed by atoms with Crippen LogP contribution in [0.2, 0.25) is 0 Å². The van der Waals surface area contributed by atoms with Crippen LogP contribution in [0.3, 0.4) is 0 Å². The smallest absolute Gasteiger partial charge is 0.0559 e. The van der Waals surface area contributed by atoms with E-state index < -0.39 is 0 Å². The fourth-order valence-electron chi connectivity index (χ4n) is 7.16. The summed E-state index contributed by atoms with van der Waals surface area (Å²) >= 11 is 6.70. The van der Waals surface area contributed by atoms with Crippen molar-refractivity contribution >= 4 is 17.2 Å². The zero-order valence-corrected chi connectivity index (χ0v) is 19.4. The van der Waals surface area contributed by atoms with E-state index in [1.807, 2.05) is 0 Å². The molecule has 33 heavy (non-hydrogen) atoms. The van der Waals surface area contributed by atoms with Gasteiger partial charge in [0.25, 0.3) is 0 Å². The number of hydrogen-bond donors (Lipinski definition) is 0. The highest BCUT2D eigenvalue weighted by Crippen LogP contribution is 2.65. The molecule has 1 heteroatoms. The summed E-state index contributed by atoms with van der Waals surface area (Å²) in [5.41, 5.74) is 10.7. The van der Waals surface area contributed by atoms with Crippen LogP contribution in [0.1, 0.15) is 35.6 Å². The van der Waals surface area contributed by atoms with E-state index in [1.165, 1.54) is 44.5 Å². The van der Waals surface area contributed by atoms with Gasteiger partial charge < -0.3 is 0 Å². The van der Waals surface area contributed by atoms with Gasteiger partial charge in [0.1, 0.15) is 0 Å². The molecule has 4 aliphatic rings. The second-order valence-corrected chi connectivity index (χ2v) is 10.5. The van der Waals surface area contributed by atoms with Gasteiger partial charge in [0, 0.05) is 11.3 Å². The maximum absolute atomic E-state index is 6.70. The van der Waals surface area contributed by atoms with Crippen LogP contribution in [0.4, 0.5) is 0 Å². The summed E-state index contributed by atoms with van der Waals surface area (Å²) in [6.45, 7) is 2.43. The van der Waals surface area contributed by atoms with Gasteiger partial charge in [-0.2, -0.15) is 0 Å². The monoisotopic (exact) mass is 444 g/mol. The maximum atomic E-state index is 6.70. The molecule has 0 saturated heterocycles. The summed E-state index contributed by atoms with van der Waals surface area (Å²) in [5, 5.41) is 0.0401. The normalized spacial score (nSPS) is 30.4. The van der Waals surface area contributed by atoms with Gasteiger partial charge in [-0.05, 0) is 50.9 Å². The molecule has 4 aliphatic carbocycles. The lowest BCUT2D eigenvalue weighted by atomic mass is 9.53. The molecule has 0 radical (unpaired) electrons. The van der Waals surface area contributed by atoms with Crippen molar-refractivity contribution in [1.82, 2.24) is 0 Å². The van der Waals surface area contributed by atoms with Gasteiger partial charge in [0.2, 0.25) is 0 Å². The zero-order valence-electron chi connectivity index (χ0n) is 18.6. The third kappa shape index (κ3) is 2.32. The van der Waals surface area contributed by atoms with Gasteiger partial charge in [0.05, 0.1) is 10.8 Å². The van der Waals surface area contributed by atoms with Crippen molar-refractivity contribution in [3.05, 3.63) is 137 Å². The molecule has 0 bridgehead atoms. The SMILES string of the molecule is CC12C=CC=CC1C1(C3=C(CC(Cl)C=C3)c3ccccc31)c1ccccc1-c1ccccc12. The average Bonchev–Trinajstić information content (AvgIpc) is 3.10. The first-order valence-electron chi connectivity index (χ1n) is 11.9. The van der Waals surface area contributed by atoms with Crippen molar-refractivity contribution in [2.24, 2.45) is 5.92 Å². The molecule has 0 fully saturated rings. The van der Waals surface area contributed by atoms with Gasteiger partial charge in [-0.15, -0.1) is 11.6 Å². The largest absolute Gasteiger partial charge is 0.118 e. The summed E-state index contributed by atoms with van der Waals surface area (Å²) in [6.07, 6.45) is 14.8. The molecule has 0 saturated carbocycles. The number of alkyl halides is 1. The predicted molar refractivity (Wildman–Crippen MR) is 139 cm³/mol. The third-order valence-corrected chi connectivity index (χ3v) is 8.72. The molecule has 0 amide bonds. The summed E-state index contributed by atoms with van der Waals surface area (Å²) in [4.78, 5) is 0. The number of benzene rings is 3. The summed E-state index contributed by atoms with van der Waals surface area (Å²) in [5.74, 6) is 0.241. The Bertz CT molecular complexity index is 1430. The van der Waals surface area contributed by atoms with Crippen LogP contribution in [-0.2, 0) is 10.8 Å². The second-order valence-electron chi connectivity index (χ2n) is 9.92. The first-order valence-corrected chi connectivity index (χ1v) is 12.3. The summed E-state index contributed by atoms with van der Waals surface area (Å²) in [7, 11) is 0. The quantitative estimate of drug-likeness (QED) is 0.308. The number of hydrogen-bond acceptors (Lipinski definition) is 0. The minimum absolute atomic E-state index is 0.0401. The van der Waals surface area contributed by atoms with Crippen molar-refractivity contribution < 1.29 is 0 Å². The molecule has 3 aromatic carbocycles. The minimum atomic E-state index is -0.273. The number of rotatable bonds is 0. The number of fused-ring (bicyclic) bond motifs is 11. The van der Waals surface area contributed by atoms with E-state index in [0.29, 0.717) is 0 Å². The van der Waals surface area contributed by atoms with Crippen LogP contribution >= 0.6 is 11.6 Å². The fourth-order valence-corrected chi connectivity index (χ4v) is 7.39. The van der Waals surface area contributed by atoms with Crippen LogP contribution in [0, 0.1) is 5.92 Å². The van der Waals surface area contributed by atoms with E-state index in [2.05, 4.69) is 116 Å². The van der Waals surface area contributed by atoms with Crippen molar-refractivity contribution in [2.75, 3.05) is 0 Å². The number of halogens is 1. The molecule has 0 aromatic heterocycles. The van der Waals surface area contributed by atoms with Crippen molar-refractivity contribution in [3.63, 3.8) is 0 Å². The van der Waals surface area contributed by atoms with Crippen LogP contribution in [-0.4, -0.2) is 5.38 Å². The molecular formula is C32H25Cl. The van der Waals surface area contributed by atoms with E-state index in [-0.39, 0.29) is 22.1 Å². The Kier molecular flexibility index (Phi) is 3.94. The van der Waals surface area contributed by atoms with Crippen molar-refractivity contribution in [3.8, 4) is 11.1 Å². The molecule has 7 rings (SSSR count). The molecule has 4 unspecified atom stereocenters. The summed E-state index contributed by atoms with van der Waals surface area (Å²) in [6, 6.07) is 27.2. The summed E-state index contributed by atoms with van der Waals surface area (Å²) < 4.78 is 0. The van der Waals surface area contributed by atoms with Crippen molar-refractivity contribution in [1.29, 1.82) is 0 Å². The Morgan fingerprint density at radius 1 is 0.727 bits per heavy atom. The van der Waals surface area contributed by atoms with E-state index >= 15 is 0 Å². The van der Waals surface area contributed by atoms with E-state index in [0.717, 1.165) is 6.42 Å². The molecule has 3 aromatic rings. The van der Waals surface area contributed by atoms with Crippen LogP contribution in [0.25, 0.3) is 16.7 Å². The maximum Gasteiger partial charge on any atom is 0.0559 e. The van der Waals surface area contributed by atoms with Crippen LogP contribution in [0.15, 0.2) is 115 Å². The van der Waals surface area contributed by atoms with Crippen LogP contribution in [0.5, 0.6) is 0 Å². The number of allylic oxidation sites excluding steroid dienone is 8. The predicted octanol–water partition coefficient (Wildman–Crippen LogP) is 7.99. The molecule has 0 N–H and O–H groups in total. The second kappa shape index (κ2) is 6.72. The highest BCUT2D eigenvalue weighted by molar-refractivity contribution is 6.22. The Morgan fingerprint density at radius 2 is 1.33 bits per heavy atom. The lowest BCUT2D eigenvalue weighted by Crippen LogP contribution is -2.46. The van der Waals surface area contributed by atoms with E-state index in [4.69, 9.17) is 11.6 Å². The molecule has 4 atom stereocenters. The molecule has 0 aliphatic heterocycles. The fraction of sp³-hybridized carbons (Fsp3) is 0.188. The van der Waals surface area contributed by atoms with Gasteiger partial charge in [-0.1, -0.05) is 116 Å². The van der Waals surface area contributed by atoms with Gasteiger partial charge in [-0.3, -0.25) is 0 Å². The lowest BCUT2D eigenvalue weighted by Gasteiger charge is -2.48. The first-order chi connectivity index (χ1) is 16.2. The standard InChI is InChI=1S/C32H25Cl/c1-31-19-9-8-16-30(31)32(27-14-6-3-11-23(27)22-10-2-5-13-26(22)31)28-15-7-4-12-24(28)25-20-21(33)17-18-29(25)32/h2-19,21,30H,20H2,1H3. The molecule has 0 nitrogen and oxygen atoms in total. The van der Waals surface area contributed by atoms with Gasteiger partial charge in [0.15, 0.2) is 0 Å². The van der Waals surface area contributed by atoms with Crippen molar-refractivity contribution in [2.45, 2.75) is 29.6 Å². The van der Waals surface area contributed by atoms with Gasteiger partial charge in [-0.25, -0.2) is 0 Å². The molecule has 160 valence electrons. The molecule has 1 spiro atoms. The molecule has 0 heterocycles. The van der Waals surface area contributed by atoms with Crippen LogP contribution < -0.4 is 0 Å². The minimum Gasteiger partial charge on any atom is -0.118 e. The van der Waals surface area contributed by atoms with Gasteiger partial charge >= 0.3 is 0 Å². The first kappa shape index (κ1) is 19.4. The highest BCUT2D eigenvalue weighted by atomic mass is 35.5. The average molecular weight is 445 g/mol. The highest BCUT2D eigenvalue weighted by Gasteiger charge is 2.58. The van der Waals surface area contributed by atoms with E-state index in [9.17, 15) is 0 Å².